The SMILES string of the molecule is NC1C(O)OC(P)C1C(F)(F)F. The number of ether oxygens (including phenoxy) is 1. The van der Waals surface area contributed by atoms with Crippen LogP contribution in [0.25, 0.3) is 0 Å². The summed E-state index contributed by atoms with van der Waals surface area (Å²) in [5, 5.41) is 8.84. The number of alkyl halides is 3. The molecule has 12 heavy (non-hydrogen) atoms. The van der Waals surface area contributed by atoms with E-state index in [9.17, 15) is 13.2 Å². The summed E-state index contributed by atoms with van der Waals surface area (Å²) in [6.07, 6.45) is -5.96. The summed E-state index contributed by atoms with van der Waals surface area (Å²) in [7, 11) is 1.86. The Bertz CT molecular complexity index is 177. The van der Waals surface area contributed by atoms with Crippen LogP contribution in [0, 0.1) is 5.92 Å². The van der Waals surface area contributed by atoms with E-state index in [2.05, 4.69) is 4.74 Å². The first-order valence-corrected chi connectivity index (χ1v) is 3.92. The Labute approximate surface area is 69.3 Å². The minimum Gasteiger partial charge on any atom is -0.367 e. The van der Waals surface area contributed by atoms with E-state index in [0.29, 0.717) is 0 Å². The predicted molar refractivity (Wildman–Crippen MR) is 38.1 cm³/mol. The van der Waals surface area contributed by atoms with Gasteiger partial charge in [-0.15, -0.1) is 9.24 Å². The number of nitrogens with two attached hydrogens (primary N) is 1. The van der Waals surface area contributed by atoms with Crippen LogP contribution in [0.1, 0.15) is 0 Å². The maximum absolute atomic E-state index is 12.2. The van der Waals surface area contributed by atoms with Crippen LogP contribution in [0.5, 0.6) is 0 Å². The maximum Gasteiger partial charge on any atom is 0.396 e. The fourth-order valence-electron chi connectivity index (χ4n) is 1.14. The first-order valence-electron chi connectivity index (χ1n) is 3.25. The quantitative estimate of drug-likeness (QED) is 0.546. The second-order valence-corrected chi connectivity index (χ2v) is 3.29. The third kappa shape index (κ3) is 1.71. The van der Waals surface area contributed by atoms with Crippen LogP contribution in [-0.2, 0) is 4.74 Å². The van der Waals surface area contributed by atoms with Gasteiger partial charge in [0.05, 0.1) is 11.9 Å². The highest BCUT2D eigenvalue weighted by Gasteiger charge is 2.54. The normalized spacial score (nSPS) is 43.5. The number of halogens is 3. The molecule has 1 fully saturated rings. The minimum absolute atomic E-state index is 1.16. The van der Waals surface area contributed by atoms with Crippen molar-refractivity contribution in [2.75, 3.05) is 0 Å². The zero-order valence-electron chi connectivity index (χ0n) is 5.95. The summed E-state index contributed by atoms with van der Waals surface area (Å²) in [6, 6.07) is -1.40. The van der Waals surface area contributed by atoms with Gasteiger partial charge in [-0.1, -0.05) is 0 Å². The van der Waals surface area contributed by atoms with E-state index in [1.807, 2.05) is 9.24 Å². The number of hydrogen-bond acceptors (Lipinski definition) is 3. The average Bonchev–Trinajstić information content (AvgIpc) is 2.05. The Hall–Kier alpha value is 0.100. The third-order valence-corrected chi connectivity index (χ3v) is 2.34. The highest BCUT2D eigenvalue weighted by atomic mass is 31.0. The van der Waals surface area contributed by atoms with E-state index < -0.39 is 30.3 Å². The fraction of sp³-hybridized carbons (Fsp3) is 1.00. The van der Waals surface area contributed by atoms with Gasteiger partial charge in [-0.05, 0) is 0 Å². The van der Waals surface area contributed by atoms with Crippen LogP contribution in [0.4, 0.5) is 13.2 Å². The second kappa shape index (κ2) is 3.10. The van der Waals surface area contributed by atoms with Crippen molar-refractivity contribution in [3.05, 3.63) is 0 Å². The van der Waals surface area contributed by atoms with Crippen molar-refractivity contribution in [2.45, 2.75) is 24.4 Å². The first kappa shape index (κ1) is 10.2. The molecule has 1 saturated heterocycles. The molecule has 0 saturated carbocycles. The zero-order chi connectivity index (χ0) is 9.52. The summed E-state index contributed by atoms with van der Waals surface area (Å²) < 4.78 is 40.9. The standard InChI is InChI=1S/C5H9F3NO2P/c6-5(7,8)1-2(9)3(10)11-4(1)12/h1-4,10H,9,12H2. The monoisotopic (exact) mass is 203 g/mol. The molecule has 0 aliphatic carbocycles. The van der Waals surface area contributed by atoms with Crippen molar-refractivity contribution >= 4 is 9.24 Å². The third-order valence-electron chi connectivity index (χ3n) is 1.77. The predicted octanol–water partition coefficient (Wildman–Crippen LogP) is 0.0420. The van der Waals surface area contributed by atoms with E-state index in [0.717, 1.165) is 0 Å². The van der Waals surface area contributed by atoms with Crippen molar-refractivity contribution in [1.82, 2.24) is 0 Å². The molecule has 0 bridgehead atoms. The molecule has 5 unspecified atom stereocenters. The topological polar surface area (TPSA) is 55.5 Å². The smallest absolute Gasteiger partial charge is 0.367 e. The molecule has 1 heterocycles. The molecule has 1 rings (SSSR count). The Balaban J connectivity index is 2.77. The van der Waals surface area contributed by atoms with Gasteiger partial charge in [0.25, 0.3) is 0 Å². The molecule has 0 amide bonds. The van der Waals surface area contributed by atoms with Crippen LogP contribution < -0.4 is 5.73 Å². The van der Waals surface area contributed by atoms with Gasteiger partial charge in [0.15, 0.2) is 6.29 Å². The summed E-state index contributed by atoms with van der Waals surface area (Å²) in [6.45, 7) is 0. The van der Waals surface area contributed by atoms with Crippen molar-refractivity contribution in [3.8, 4) is 0 Å². The van der Waals surface area contributed by atoms with E-state index in [-0.39, 0.29) is 0 Å². The Morgan fingerprint density at radius 2 is 1.92 bits per heavy atom. The van der Waals surface area contributed by atoms with Crippen LogP contribution in [0.3, 0.4) is 0 Å². The Morgan fingerprint density at radius 3 is 2.08 bits per heavy atom. The molecule has 72 valence electrons. The largest absolute Gasteiger partial charge is 0.396 e. The zero-order valence-corrected chi connectivity index (χ0v) is 7.11. The van der Waals surface area contributed by atoms with Crippen molar-refractivity contribution < 1.29 is 23.0 Å². The van der Waals surface area contributed by atoms with Gasteiger partial charge < -0.3 is 15.6 Å². The van der Waals surface area contributed by atoms with Crippen molar-refractivity contribution in [2.24, 2.45) is 11.7 Å². The number of aliphatic hydroxyl groups is 1. The first-order chi connectivity index (χ1) is 5.34. The molecule has 0 aromatic heterocycles. The van der Waals surface area contributed by atoms with Crippen LogP contribution in [0.2, 0.25) is 0 Å². The summed E-state index contributed by atoms with van der Waals surface area (Å²) in [5.41, 5.74) is 5.09. The molecule has 0 spiro atoms. The molecule has 0 radical (unpaired) electrons. The van der Waals surface area contributed by atoms with E-state index in [1.165, 1.54) is 0 Å². The van der Waals surface area contributed by atoms with Gasteiger partial charge in [-0.2, -0.15) is 13.2 Å². The molecule has 3 N–H and O–H groups in total. The van der Waals surface area contributed by atoms with Crippen LogP contribution in [0.15, 0.2) is 0 Å². The molecular weight excluding hydrogens is 194 g/mol. The molecule has 1 aliphatic heterocycles. The van der Waals surface area contributed by atoms with E-state index in [4.69, 9.17) is 10.8 Å². The molecule has 5 atom stereocenters. The highest BCUT2D eigenvalue weighted by molar-refractivity contribution is 7.17. The number of hydrogen-bond donors (Lipinski definition) is 2. The van der Waals surface area contributed by atoms with Gasteiger partial charge in [0.2, 0.25) is 0 Å². The fourth-order valence-corrected chi connectivity index (χ4v) is 1.77. The lowest BCUT2D eigenvalue weighted by molar-refractivity contribution is -0.179. The van der Waals surface area contributed by atoms with Crippen LogP contribution >= 0.6 is 9.24 Å². The number of aliphatic hydroxyl groups excluding tert-OH is 1. The van der Waals surface area contributed by atoms with Crippen LogP contribution in [-0.4, -0.2) is 29.5 Å². The van der Waals surface area contributed by atoms with Crippen molar-refractivity contribution in [1.29, 1.82) is 0 Å². The molecule has 0 aromatic carbocycles. The molecule has 0 aromatic rings. The molecular formula is C5H9F3NO2P. The van der Waals surface area contributed by atoms with Gasteiger partial charge in [-0.25, -0.2) is 0 Å². The molecule has 1 aliphatic rings. The Kier molecular flexibility index (Phi) is 2.63. The average molecular weight is 203 g/mol. The van der Waals surface area contributed by atoms with Gasteiger partial charge >= 0.3 is 6.18 Å². The number of rotatable bonds is 0. The van der Waals surface area contributed by atoms with Gasteiger partial charge in [-0.3, -0.25) is 0 Å². The second-order valence-electron chi connectivity index (χ2n) is 2.64. The van der Waals surface area contributed by atoms with E-state index >= 15 is 0 Å². The lowest BCUT2D eigenvalue weighted by Crippen LogP contribution is -2.43. The Morgan fingerprint density at radius 1 is 1.42 bits per heavy atom. The summed E-state index contributed by atoms with van der Waals surface area (Å²) in [4.78, 5) is 0. The molecule has 7 heteroatoms. The van der Waals surface area contributed by atoms with Gasteiger partial charge in [0, 0.05) is 0 Å². The van der Waals surface area contributed by atoms with Crippen molar-refractivity contribution in [3.63, 3.8) is 0 Å². The minimum atomic E-state index is -4.43. The maximum atomic E-state index is 12.2. The lowest BCUT2D eigenvalue weighted by atomic mass is 10.0. The summed E-state index contributed by atoms with van der Waals surface area (Å²) >= 11 is 0. The lowest BCUT2D eigenvalue weighted by Gasteiger charge is -2.20. The molecule has 3 nitrogen and oxygen atoms in total. The van der Waals surface area contributed by atoms with E-state index in [1.54, 1.807) is 0 Å². The van der Waals surface area contributed by atoms with Gasteiger partial charge in [0.1, 0.15) is 5.92 Å². The summed E-state index contributed by atoms with van der Waals surface area (Å²) in [5.74, 6) is -2.97. The highest BCUT2D eigenvalue weighted by Crippen LogP contribution is 2.40.